The number of hydrogen-bond donors (Lipinski definition) is 1. The van der Waals surface area contributed by atoms with Crippen LogP contribution in [0.15, 0.2) is 30.6 Å². The molecule has 0 radical (unpaired) electrons. The average Bonchev–Trinajstić information content (AvgIpc) is 3.18. The van der Waals surface area contributed by atoms with Crippen LogP contribution in [-0.4, -0.2) is 23.2 Å². The van der Waals surface area contributed by atoms with E-state index >= 15 is 0 Å². The van der Waals surface area contributed by atoms with Crippen LogP contribution in [0.5, 0.6) is 0 Å². The molecule has 4 nitrogen and oxygen atoms in total. The van der Waals surface area contributed by atoms with Gasteiger partial charge in [-0.1, -0.05) is 0 Å². The number of anilines is 1. The molecule has 1 fully saturated rings. The van der Waals surface area contributed by atoms with Gasteiger partial charge in [-0.15, -0.1) is 11.3 Å². The highest BCUT2D eigenvalue weighted by Crippen LogP contribution is 2.36. The van der Waals surface area contributed by atoms with E-state index in [2.05, 4.69) is 39.3 Å². The summed E-state index contributed by atoms with van der Waals surface area (Å²) in [5, 5.41) is 5.67. The Morgan fingerprint density at radius 2 is 2.25 bits per heavy atom. The van der Waals surface area contributed by atoms with Crippen LogP contribution in [0.3, 0.4) is 0 Å². The summed E-state index contributed by atoms with van der Waals surface area (Å²) in [6, 6.07) is 6.68. The van der Waals surface area contributed by atoms with Crippen LogP contribution < -0.4 is 5.32 Å². The summed E-state index contributed by atoms with van der Waals surface area (Å²) >= 11 is 1.71. The Bertz CT molecular complexity index is 848. The molecule has 126 valence electrons. The standard InChI is InChI=1S/C19H23N3OS/c1-3-23-12-15-9-21-19(24-15)14-6-7-18-16(8-14)17(20-2)11-22(18)10-13-4-5-13/h6-9,11,13,20H,3-5,10,12H2,1-2H3. The third-order valence-corrected chi connectivity index (χ3v) is 5.57. The molecule has 0 saturated heterocycles. The Hall–Kier alpha value is -1.85. The molecule has 0 bridgehead atoms. The van der Waals surface area contributed by atoms with Crippen LogP contribution in [0.4, 0.5) is 5.69 Å². The van der Waals surface area contributed by atoms with Gasteiger partial charge in [0.25, 0.3) is 0 Å². The SMILES string of the molecule is CCOCc1cnc(-c2ccc3c(c2)c(NC)cn3CC2CC2)s1. The zero-order valence-corrected chi connectivity index (χ0v) is 15.0. The lowest BCUT2D eigenvalue weighted by atomic mass is 10.1. The van der Waals surface area contributed by atoms with Gasteiger partial charge in [0, 0.05) is 43.5 Å². The molecule has 0 atom stereocenters. The number of rotatable bonds is 7. The zero-order chi connectivity index (χ0) is 16.5. The van der Waals surface area contributed by atoms with Crippen molar-refractivity contribution in [3.63, 3.8) is 0 Å². The number of aromatic nitrogens is 2. The Morgan fingerprint density at radius 1 is 1.38 bits per heavy atom. The minimum absolute atomic E-state index is 0.649. The average molecular weight is 341 g/mol. The molecule has 5 heteroatoms. The molecule has 1 aliphatic carbocycles. The van der Waals surface area contributed by atoms with Crippen LogP contribution in [0.25, 0.3) is 21.5 Å². The first-order valence-electron chi connectivity index (χ1n) is 8.62. The third-order valence-electron chi connectivity index (χ3n) is 4.55. The molecule has 1 saturated carbocycles. The summed E-state index contributed by atoms with van der Waals surface area (Å²) in [6.45, 7) is 4.53. The molecular weight excluding hydrogens is 318 g/mol. The monoisotopic (exact) mass is 341 g/mol. The van der Waals surface area contributed by atoms with Gasteiger partial charge in [-0.2, -0.15) is 0 Å². The van der Waals surface area contributed by atoms with Crippen molar-refractivity contribution >= 4 is 27.9 Å². The zero-order valence-electron chi connectivity index (χ0n) is 14.2. The lowest BCUT2D eigenvalue weighted by Gasteiger charge is -2.04. The summed E-state index contributed by atoms with van der Waals surface area (Å²) in [4.78, 5) is 5.75. The second kappa shape index (κ2) is 6.57. The van der Waals surface area contributed by atoms with Crippen molar-refractivity contribution in [2.45, 2.75) is 32.9 Å². The molecule has 2 aromatic heterocycles. The van der Waals surface area contributed by atoms with E-state index in [-0.39, 0.29) is 0 Å². The molecular formula is C19H23N3OS. The van der Waals surface area contributed by atoms with Crippen molar-refractivity contribution in [2.24, 2.45) is 5.92 Å². The first kappa shape index (κ1) is 15.7. The van der Waals surface area contributed by atoms with Gasteiger partial charge < -0.3 is 14.6 Å². The van der Waals surface area contributed by atoms with Crippen molar-refractivity contribution in [1.29, 1.82) is 0 Å². The van der Waals surface area contributed by atoms with Gasteiger partial charge in [0.2, 0.25) is 0 Å². The second-order valence-electron chi connectivity index (χ2n) is 6.39. The molecule has 2 heterocycles. The molecule has 0 spiro atoms. The maximum atomic E-state index is 5.48. The van der Waals surface area contributed by atoms with E-state index < -0.39 is 0 Å². The summed E-state index contributed by atoms with van der Waals surface area (Å²) < 4.78 is 7.87. The molecule has 1 aliphatic rings. The van der Waals surface area contributed by atoms with Crippen molar-refractivity contribution in [3.8, 4) is 10.6 Å². The maximum absolute atomic E-state index is 5.48. The normalized spacial score (nSPS) is 14.4. The van der Waals surface area contributed by atoms with E-state index in [1.54, 1.807) is 11.3 Å². The third kappa shape index (κ3) is 3.06. The Kier molecular flexibility index (Phi) is 4.29. The first-order chi connectivity index (χ1) is 11.8. The summed E-state index contributed by atoms with van der Waals surface area (Å²) in [7, 11) is 1.99. The van der Waals surface area contributed by atoms with Crippen LogP contribution in [-0.2, 0) is 17.9 Å². The van der Waals surface area contributed by atoms with Crippen molar-refractivity contribution < 1.29 is 4.74 Å². The number of hydrogen-bond acceptors (Lipinski definition) is 4. The molecule has 1 aromatic carbocycles. The van der Waals surface area contributed by atoms with Crippen LogP contribution in [0, 0.1) is 5.92 Å². The summed E-state index contributed by atoms with van der Waals surface area (Å²) in [6.07, 6.45) is 6.91. The van der Waals surface area contributed by atoms with Crippen LogP contribution in [0.2, 0.25) is 0 Å². The smallest absolute Gasteiger partial charge is 0.123 e. The maximum Gasteiger partial charge on any atom is 0.123 e. The number of nitrogens with one attached hydrogen (secondary N) is 1. The predicted octanol–water partition coefficient (Wildman–Crippen LogP) is 4.75. The Labute approximate surface area is 146 Å². The predicted molar refractivity (Wildman–Crippen MR) is 101 cm³/mol. The van der Waals surface area contributed by atoms with Gasteiger partial charge in [-0.3, -0.25) is 0 Å². The first-order valence-corrected chi connectivity index (χ1v) is 9.43. The molecule has 3 aromatic rings. The van der Waals surface area contributed by atoms with E-state index in [1.807, 2.05) is 20.2 Å². The van der Waals surface area contributed by atoms with Crippen molar-refractivity contribution in [2.75, 3.05) is 19.0 Å². The summed E-state index contributed by atoms with van der Waals surface area (Å²) in [5.41, 5.74) is 3.68. The number of nitrogens with zero attached hydrogens (tertiary/aromatic N) is 2. The number of fused-ring (bicyclic) bond motifs is 1. The highest BCUT2D eigenvalue weighted by Gasteiger charge is 2.23. The largest absolute Gasteiger partial charge is 0.386 e. The van der Waals surface area contributed by atoms with Crippen molar-refractivity contribution in [3.05, 3.63) is 35.5 Å². The Balaban J connectivity index is 1.67. The van der Waals surface area contributed by atoms with E-state index in [0.717, 1.165) is 24.1 Å². The van der Waals surface area contributed by atoms with Gasteiger partial charge >= 0.3 is 0 Å². The number of thiazole rings is 1. The highest BCUT2D eigenvalue weighted by molar-refractivity contribution is 7.15. The minimum Gasteiger partial charge on any atom is -0.386 e. The molecule has 0 unspecified atom stereocenters. The summed E-state index contributed by atoms with van der Waals surface area (Å²) in [5.74, 6) is 0.866. The van der Waals surface area contributed by atoms with E-state index in [9.17, 15) is 0 Å². The van der Waals surface area contributed by atoms with Crippen LogP contribution >= 0.6 is 11.3 Å². The Morgan fingerprint density at radius 3 is 3.00 bits per heavy atom. The number of benzene rings is 1. The minimum atomic E-state index is 0.649. The fraction of sp³-hybridized carbons (Fsp3) is 0.421. The number of ether oxygens (including phenoxy) is 1. The fourth-order valence-corrected chi connectivity index (χ4v) is 3.92. The van der Waals surface area contributed by atoms with Gasteiger partial charge in [0.15, 0.2) is 0 Å². The van der Waals surface area contributed by atoms with E-state index in [1.165, 1.54) is 39.9 Å². The molecule has 24 heavy (non-hydrogen) atoms. The highest BCUT2D eigenvalue weighted by atomic mass is 32.1. The lowest BCUT2D eigenvalue weighted by molar-refractivity contribution is 0.136. The molecule has 4 rings (SSSR count). The van der Waals surface area contributed by atoms with Gasteiger partial charge in [-0.05, 0) is 43.9 Å². The van der Waals surface area contributed by atoms with Gasteiger partial charge in [-0.25, -0.2) is 4.98 Å². The van der Waals surface area contributed by atoms with Gasteiger partial charge in [0.05, 0.1) is 22.7 Å². The topological polar surface area (TPSA) is 39.1 Å². The quantitative estimate of drug-likeness (QED) is 0.674. The van der Waals surface area contributed by atoms with E-state index in [0.29, 0.717) is 6.61 Å². The van der Waals surface area contributed by atoms with Gasteiger partial charge in [0.1, 0.15) is 5.01 Å². The van der Waals surface area contributed by atoms with E-state index in [4.69, 9.17) is 4.74 Å². The molecule has 1 N–H and O–H groups in total. The molecule has 0 aliphatic heterocycles. The van der Waals surface area contributed by atoms with Crippen molar-refractivity contribution in [1.82, 2.24) is 9.55 Å². The molecule has 0 amide bonds. The fourth-order valence-electron chi connectivity index (χ4n) is 3.07. The lowest BCUT2D eigenvalue weighted by Crippen LogP contribution is -1.97. The second-order valence-corrected chi connectivity index (χ2v) is 7.50. The van der Waals surface area contributed by atoms with Crippen LogP contribution in [0.1, 0.15) is 24.6 Å².